The summed E-state index contributed by atoms with van der Waals surface area (Å²) < 4.78 is 0. The van der Waals surface area contributed by atoms with E-state index in [-0.39, 0.29) is 55.3 Å². The molecule has 1 fully saturated rings. The number of hydrogen-bond donors (Lipinski definition) is 2. The molecule has 0 saturated carbocycles. The number of carbonyl (C=O) groups excluding carboxylic acids is 2. The van der Waals surface area contributed by atoms with E-state index in [4.69, 9.17) is 17.3 Å². The molecule has 3 N–H and O–H groups in total. The Morgan fingerprint density at radius 2 is 1.57 bits per heavy atom. The fourth-order valence-corrected chi connectivity index (χ4v) is 6.28. The molecule has 0 aliphatic carbocycles. The largest absolute Gasteiger partial charge is 0.351 e. The molecule has 1 atom stereocenters. The molecule has 0 spiro atoms. The lowest BCUT2D eigenvalue weighted by molar-refractivity contribution is -0.136. The first kappa shape index (κ1) is 37.1. The van der Waals surface area contributed by atoms with E-state index in [1.54, 1.807) is 0 Å². The second-order valence-corrected chi connectivity index (χ2v) is 12.0. The van der Waals surface area contributed by atoms with Gasteiger partial charge in [0.2, 0.25) is 11.8 Å². The van der Waals surface area contributed by atoms with Crippen molar-refractivity contribution in [1.82, 2.24) is 15.1 Å². The van der Waals surface area contributed by atoms with Crippen molar-refractivity contribution in [3.63, 3.8) is 0 Å². The van der Waals surface area contributed by atoms with Gasteiger partial charge in [-0.05, 0) is 71.3 Å². The summed E-state index contributed by atoms with van der Waals surface area (Å²) in [6.07, 6.45) is 2.18. The summed E-state index contributed by atoms with van der Waals surface area (Å²) in [5, 5.41) is 3.55. The molecule has 0 bridgehead atoms. The van der Waals surface area contributed by atoms with Crippen LogP contribution in [0.4, 0.5) is 0 Å². The first-order valence-corrected chi connectivity index (χ1v) is 15.8. The van der Waals surface area contributed by atoms with Crippen LogP contribution in [0.15, 0.2) is 103 Å². The van der Waals surface area contributed by atoms with Gasteiger partial charge >= 0.3 is 0 Å². The zero-order valence-electron chi connectivity index (χ0n) is 26.1. The van der Waals surface area contributed by atoms with Crippen LogP contribution in [0.3, 0.4) is 0 Å². The predicted molar refractivity (Wildman–Crippen MR) is 192 cm³/mol. The minimum atomic E-state index is -0.188. The highest BCUT2D eigenvalue weighted by molar-refractivity contribution is 6.30. The number of hydrogen-bond acceptors (Lipinski definition) is 4. The Hall–Kier alpha value is -3.39. The lowest BCUT2D eigenvalue weighted by Crippen LogP contribution is -2.48. The fourth-order valence-electron chi connectivity index (χ4n) is 6.15. The van der Waals surface area contributed by atoms with E-state index in [1.165, 1.54) is 5.56 Å². The zero-order valence-corrected chi connectivity index (χ0v) is 28.5. The molecule has 2 amide bonds. The van der Waals surface area contributed by atoms with Crippen LogP contribution >= 0.6 is 36.4 Å². The smallest absolute Gasteiger partial charge is 0.234 e. The minimum Gasteiger partial charge on any atom is -0.351 e. The van der Waals surface area contributed by atoms with E-state index in [1.807, 2.05) is 42.5 Å². The number of halogens is 3. The second kappa shape index (κ2) is 18.1. The predicted octanol–water partition coefficient (Wildman–Crippen LogP) is 7.22. The van der Waals surface area contributed by atoms with E-state index in [2.05, 4.69) is 82.7 Å². The molecule has 1 saturated heterocycles. The highest BCUT2D eigenvalue weighted by Gasteiger charge is 2.32. The summed E-state index contributed by atoms with van der Waals surface area (Å²) >= 11 is 6.13. The summed E-state index contributed by atoms with van der Waals surface area (Å²) in [4.78, 5) is 30.6. The highest BCUT2D eigenvalue weighted by Crippen LogP contribution is 2.32. The Labute approximate surface area is 290 Å². The van der Waals surface area contributed by atoms with Gasteiger partial charge in [-0.25, -0.2) is 0 Å². The number of nitrogens with zero attached hydrogens (tertiary/aromatic N) is 2. The first-order chi connectivity index (χ1) is 21.4. The van der Waals surface area contributed by atoms with Crippen LogP contribution in [0.2, 0.25) is 5.02 Å². The number of piperidine rings is 1. The van der Waals surface area contributed by atoms with Crippen molar-refractivity contribution < 1.29 is 9.59 Å². The SMILES string of the molecule is CC(c1cccc(-c2ccccc2CNC(=O)CN)c1)N(C(=O)Cc1ccc(Cl)cc1)C1CCN(Cc2ccccc2)CC1.Cl.Cl. The van der Waals surface area contributed by atoms with E-state index in [0.717, 1.165) is 60.3 Å². The maximum Gasteiger partial charge on any atom is 0.234 e. The Balaban J connectivity index is 0.00000288. The van der Waals surface area contributed by atoms with Gasteiger partial charge in [0.1, 0.15) is 0 Å². The summed E-state index contributed by atoms with van der Waals surface area (Å²) in [5.41, 5.74) is 12.0. The minimum absolute atomic E-state index is 0. The van der Waals surface area contributed by atoms with Crippen molar-refractivity contribution in [1.29, 1.82) is 0 Å². The molecule has 4 aromatic carbocycles. The number of carbonyl (C=O) groups is 2. The van der Waals surface area contributed by atoms with Crippen molar-refractivity contribution in [2.24, 2.45) is 5.73 Å². The second-order valence-electron chi connectivity index (χ2n) is 11.5. The monoisotopic (exact) mass is 680 g/mol. The van der Waals surface area contributed by atoms with Gasteiger partial charge in [-0.15, -0.1) is 24.8 Å². The molecule has 244 valence electrons. The van der Waals surface area contributed by atoms with Gasteiger partial charge in [-0.1, -0.05) is 96.5 Å². The Bertz CT molecular complexity index is 1540. The molecule has 0 radical (unpaired) electrons. The van der Waals surface area contributed by atoms with Crippen LogP contribution in [-0.2, 0) is 29.1 Å². The molecule has 0 aromatic heterocycles. The highest BCUT2D eigenvalue weighted by atomic mass is 35.5. The normalized spacial score (nSPS) is 14.0. The summed E-state index contributed by atoms with van der Waals surface area (Å²) in [6, 6.07) is 34.7. The molecule has 4 aromatic rings. The summed E-state index contributed by atoms with van der Waals surface area (Å²) in [5.74, 6) is -0.0662. The third-order valence-corrected chi connectivity index (χ3v) is 8.78. The molecule has 5 rings (SSSR count). The van der Waals surface area contributed by atoms with E-state index in [0.29, 0.717) is 18.0 Å². The van der Waals surface area contributed by atoms with Crippen LogP contribution in [0.25, 0.3) is 11.1 Å². The molecule has 1 aliphatic heterocycles. The first-order valence-electron chi connectivity index (χ1n) is 15.4. The average molecular weight is 682 g/mol. The maximum atomic E-state index is 14.1. The number of benzene rings is 4. The number of nitrogens with one attached hydrogen (secondary N) is 1. The standard InChI is InChI=1S/C37H41ClN4O2.2ClH/c1-27(30-11-7-12-31(23-30)35-13-6-5-10-32(35)25-40-36(43)24-39)42(37(44)22-28-14-16-33(38)17-15-28)34-18-20-41(21-19-34)26-29-8-3-2-4-9-29;;/h2-17,23,27,34H,18-22,24-26,39H2,1H3,(H,40,43);2*1H. The Morgan fingerprint density at radius 1 is 0.891 bits per heavy atom. The van der Waals surface area contributed by atoms with Crippen molar-refractivity contribution in [3.05, 3.63) is 130 Å². The Morgan fingerprint density at radius 3 is 2.26 bits per heavy atom. The van der Waals surface area contributed by atoms with Gasteiger partial charge in [0.05, 0.1) is 19.0 Å². The van der Waals surface area contributed by atoms with Gasteiger partial charge in [0, 0.05) is 37.2 Å². The number of nitrogens with two attached hydrogens (primary N) is 1. The van der Waals surface area contributed by atoms with Crippen molar-refractivity contribution >= 4 is 48.2 Å². The number of rotatable bonds is 11. The van der Waals surface area contributed by atoms with E-state index >= 15 is 0 Å². The van der Waals surface area contributed by atoms with Crippen LogP contribution in [-0.4, -0.2) is 47.3 Å². The molecule has 9 heteroatoms. The molecule has 1 aliphatic rings. The Kier molecular flexibility index (Phi) is 14.6. The maximum absolute atomic E-state index is 14.1. The lowest BCUT2D eigenvalue weighted by Gasteiger charge is -2.42. The average Bonchev–Trinajstić information content (AvgIpc) is 3.06. The number of likely N-dealkylation sites (tertiary alicyclic amines) is 1. The van der Waals surface area contributed by atoms with Crippen molar-refractivity contribution in [3.8, 4) is 11.1 Å². The number of amides is 2. The van der Waals surface area contributed by atoms with Gasteiger partial charge in [-0.2, -0.15) is 0 Å². The third-order valence-electron chi connectivity index (χ3n) is 8.53. The van der Waals surface area contributed by atoms with Gasteiger partial charge in [-0.3, -0.25) is 14.5 Å². The van der Waals surface area contributed by atoms with Gasteiger partial charge in [0.15, 0.2) is 0 Å². The van der Waals surface area contributed by atoms with Crippen LogP contribution in [0, 0.1) is 0 Å². The zero-order chi connectivity index (χ0) is 30.9. The molecular weight excluding hydrogens is 639 g/mol. The van der Waals surface area contributed by atoms with Crippen LogP contribution in [0.5, 0.6) is 0 Å². The quantitative estimate of drug-likeness (QED) is 0.175. The third kappa shape index (κ3) is 9.81. The topological polar surface area (TPSA) is 78.7 Å². The summed E-state index contributed by atoms with van der Waals surface area (Å²) in [7, 11) is 0. The van der Waals surface area contributed by atoms with Crippen LogP contribution in [0.1, 0.15) is 48.1 Å². The molecule has 46 heavy (non-hydrogen) atoms. The van der Waals surface area contributed by atoms with Gasteiger partial charge < -0.3 is 16.0 Å². The van der Waals surface area contributed by atoms with E-state index in [9.17, 15) is 9.59 Å². The lowest BCUT2D eigenvalue weighted by atomic mass is 9.93. The van der Waals surface area contributed by atoms with Crippen molar-refractivity contribution in [2.75, 3.05) is 19.6 Å². The van der Waals surface area contributed by atoms with Gasteiger partial charge in [0.25, 0.3) is 0 Å². The molecule has 1 unspecified atom stereocenters. The van der Waals surface area contributed by atoms with Crippen LogP contribution < -0.4 is 11.1 Å². The van der Waals surface area contributed by atoms with Crippen molar-refractivity contribution in [2.45, 2.75) is 51.4 Å². The molecular formula is C37H43Cl3N4O2. The fraction of sp³-hybridized carbons (Fsp3) is 0.297. The summed E-state index contributed by atoms with van der Waals surface area (Å²) in [6.45, 7) is 5.31. The molecule has 1 heterocycles. The molecule has 6 nitrogen and oxygen atoms in total. The van der Waals surface area contributed by atoms with E-state index < -0.39 is 0 Å².